The molecule has 3 heterocycles. The second-order valence-corrected chi connectivity index (χ2v) is 10.9. The Balaban J connectivity index is 1.47. The topological polar surface area (TPSA) is 113 Å². The van der Waals surface area contributed by atoms with Gasteiger partial charge in [0.1, 0.15) is 23.4 Å². The molecule has 0 saturated carbocycles. The predicted molar refractivity (Wildman–Crippen MR) is 133 cm³/mol. The molecule has 0 spiro atoms. The van der Waals surface area contributed by atoms with E-state index >= 15 is 0 Å². The summed E-state index contributed by atoms with van der Waals surface area (Å²) < 4.78 is 38.9. The van der Waals surface area contributed by atoms with Crippen molar-refractivity contribution in [2.45, 2.75) is 32.4 Å². The number of aromatic amines is 1. The van der Waals surface area contributed by atoms with Gasteiger partial charge in [0.25, 0.3) is 0 Å². The highest BCUT2D eigenvalue weighted by atomic mass is 32.2. The number of methoxy groups -OCH3 is 1. The lowest BCUT2D eigenvalue weighted by Crippen LogP contribution is -2.41. The summed E-state index contributed by atoms with van der Waals surface area (Å²) in [7, 11) is -1.56. The molecule has 35 heavy (non-hydrogen) atoms. The number of hydrogen-bond acceptors (Lipinski definition) is 6. The van der Waals surface area contributed by atoms with Crippen LogP contribution < -0.4 is 9.47 Å². The first-order chi connectivity index (χ1) is 16.8. The quantitative estimate of drug-likeness (QED) is 0.439. The molecule has 1 saturated heterocycles. The zero-order chi connectivity index (χ0) is 24.7. The van der Waals surface area contributed by atoms with E-state index in [2.05, 4.69) is 11.1 Å². The molecule has 1 fully saturated rings. The van der Waals surface area contributed by atoms with Crippen LogP contribution >= 0.6 is 0 Å². The fraction of sp³-hybridized carbons (Fsp3) is 0.360. The number of nitrogens with zero attached hydrogens (tertiary/aromatic N) is 4. The van der Waals surface area contributed by atoms with Crippen LogP contribution in [0, 0.1) is 18.3 Å². The number of piperidine rings is 1. The molecule has 10 heteroatoms. The Morgan fingerprint density at radius 1 is 1.26 bits per heavy atom. The van der Waals surface area contributed by atoms with Gasteiger partial charge in [0.15, 0.2) is 5.75 Å². The van der Waals surface area contributed by atoms with Gasteiger partial charge >= 0.3 is 0 Å². The zero-order valence-corrected chi connectivity index (χ0v) is 20.7. The molecule has 0 amide bonds. The van der Waals surface area contributed by atoms with Gasteiger partial charge < -0.3 is 14.5 Å². The van der Waals surface area contributed by atoms with Crippen LogP contribution in [0.15, 0.2) is 36.7 Å². The summed E-state index contributed by atoms with van der Waals surface area (Å²) in [6, 6.07) is 9.87. The van der Waals surface area contributed by atoms with Crippen molar-refractivity contribution < 1.29 is 17.9 Å². The molecule has 0 atom stereocenters. The zero-order valence-electron chi connectivity index (χ0n) is 19.9. The van der Waals surface area contributed by atoms with E-state index in [4.69, 9.17) is 14.6 Å². The van der Waals surface area contributed by atoms with Crippen LogP contribution in [0.4, 0.5) is 0 Å². The van der Waals surface area contributed by atoms with Gasteiger partial charge in [0.2, 0.25) is 10.0 Å². The van der Waals surface area contributed by atoms with Gasteiger partial charge in [-0.15, -0.1) is 0 Å². The number of nitriles is 1. The lowest BCUT2D eigenvalue weighted by atomic mass is 10.0. The van der Waals surface area contributed by atoms with Gasteiger partial charge in [-0.3, -0.25) is 4.68 Å². The minimum atomic E-state index is -3.22. The molecule has 2 aromatic heterocycles. The van der Waals surface area contributed by atoms with E-state index in [9.17, 15) is 13.7 Å². The summed E-state index contributed by atoms with van der Waals surface area (Å²) in [4.78, 5) is 3.29. The maximum atomic E-state index is 11.8. The van der Waals surface area contributed by atoms with Crippen LogP contribution in [0.25, 0.3) is 21.8 Å². The van der Waals surface area contributed by atoms with Gasteiger partial charge in [-0.05, 0) is 49.6 Å². The molecule has 2 aromatic carbocycles. The van der Waals surface area contributed by atoms with Crippen LogP contribution in [0.1, 0.15) is 29.5 Å². The lowest BCUT2D eigenvalue weighted by molar-refractivity contribution is 0.136. The van der Waals surface area contributed by atoms with Gasteiger partial charge in [-0.25, -0.2) is 12.7 Å². The van der Waals surface area contributed by atoms with Crippen molar-refractivity contribution in [1.29, 1.82) is 5.26 Å². The number of ether oxygens (including phenoxy) is 2. The molecule has 182 valence electrons. The van der Waals surface area contributed by atoms with Crippen molar-refractivity contribution in [1.82, 2.24) is 19.1 Å². The second kappa shape index (κ2) is 8.91. The monoisotopic (exact) mass is 493 g/mol. The molecule has 1 N–H and O–H groups in total. The van der Waals surface area contributed by atoms with Crippen LogP contribution in [0.5, 0.6) is 11.5 Å². The molecule has 5 rings (SSSR count). The number of rotatable bonds is 6. The van der Waals surface area contributed by atoms with Crippen LogP contribution in [0.3, 0.4) is 0 Å². The first-order valence-corrected chi connectivity index (χ1v) is 13.3. The smallest absolute Gasteiger partial charge is 0.211 e. The van der Waals surface area contributed by atoms with E-state index in [1.807, 2.05) is 42.2 Å². The molecule has 9 nitrogen and oxygen atoms in total. The molecule has 1 aliphatic heterocycles. The van der Waals surface area contributed by atoms with E-state index < -0.39 is 10.0 Å². The third-order valence-corrected chi connectivity index (χ3v) is 7.91. The first-order valence-electron chi connectivity index (χ1n) is 11.4. The number of nitrogens with one attached hydrogen (secondary N) is 1. The Morgan fingerprint density at radius 2 is 2.03 bits per heavy atom. The first kappa shape index (κ1) is 23.2. The molecule has 0 bridgehead atoms. The molecule has 0 radical (unpaired) electrons. The third kappa shape index (κ3) is 4.33. The standard InChI is InChI=1S/C25H27N5O4S/c1-16-12-22(33-2)21(20-6-9-27-23(16)20)15-29-14-18-5-4-17(13-26)25(24(18)28-29)34-19-7-10-30(11-8-19)35(3,31)32/h4-6,9,12,14,19,27H,7-8,10-11,15H2,1-3H3. The molecular formula is C25H27N5O4S. The van der Waals surface area contributed by atoms with E-state index in [0.29, 0.717) is 49.3 Å². The summed E-state index contributed by atoms with van der Waals surface area (Å²) in [5.74, 6) is 1.24. The second-order valence-electron chi connectivity index (χ2n) is 8.94. The minimum absolute atomic E-state index is 0.187. The fourth-order valence-electron chi connectivity index (χ4n) is 4.79. The number of sulfonamides is 1. The maximum absolute atomic E-state index is 11.8. The molecule has 1 aliphatic rings. The average molecular weight is 494 g/mol. The third-order valence-electron chi connectivity index (χ3n) is 6.61. The van der Waals surface area contributed by atoms with E-state index in [1.54, 1.807) is 13.2 Å². The molecular weight excluding hydrogens is 466 g/mol. The number of fused-ring (bicyclic) bond motifs is 2. The number of hydrogen-bond donors (Lipinski definition) is 1. The van der Waals surface area contributed by atoms with Crippen molar-refractivity contribution in [2.24, 2.45) is 0 Å². The molecule has 0 unspecified atom stereocenters. The van der Waals surface area contributed by atoms with Crippen LogP contribution in [-0.2, 0) is 16.6 Å². The molecule has 0 aliphatic carbocycles. The highest BCUT2D eigenvalue weighted by Crippen LogP contribution is 2.34. The van der Waals surface area contributed by atoms with Crippen molar-refractivity contribution in [2.75, 3.05) is 26.5 Å². The van der Waals surface area contributed by atoms with Gasteiger partial charge in [0, 0.05) is 47.3 Å². The lowest BCUT2D eigenvalue weighted by Gasteiger charge is -2.30. The van der Waals surface area contributed by atoms with Gasteiger partial charge in [-0.1, -0.05) is 0 Å². The summed E-state index contributed by atoms with van der Waals surface area (Å²) in [5.41, 5.74) is 4.21. The number of aryl methyl sites for hydroxylation is 1. The predicted octanol–water partition coefficient (Wildman–Crippen LogP) is 3.56. The van der Waals surface area contributed by atoms with Crippen molar-refractivity contribution >= 4 is 31.8 Å². The van der Waals surface area contributed by atoms with E-state index in [1.165, 1.54) is 10.6 Å². The Labute approximate surface area is 203 Å². The Kier molecular flexibility index (Phi) is 5.91. The normalized spacial score (nSPS) is 15.5. The van der Waals surface area contributed by atoms with Crippen molar-refractivity contribution in [3.8, 4) is 17.6 Å². The van der Waals surface area contributed by atoms with E-state index in [-0.39, 0.29) is 6.10 Å². The summed E-state index contributed by atoms with van der Waals surface area (Å²) in [6.07, 6.45) is 6.00. The minimum Gasteiger partial charge on any atom is -0.496 e. The number of benzene rings is 2. The molecule has 4 aromatic rings. The Morgan fingerprint density at radius 3 is 2.71 bits per heavy atom. The van der Waals surface area contributed by atoms with E-state index in [0.717, 1.165) is 33.2 Å². The van der Waals surface area contributed by atoms with Crippen LogP contribution in [-0.4, -0.2) is 60.0 Å². The largest absolute Gasteiger partial charge is 0.496 e. The SMILES string of the molecule is COc1cc(C)c2[nH]ccc2c1Cn1cc2ccc(C#N)c(OC3CCN(S(C)(=O)=O)CC3)c2n1. The fourth-order valence-corrected chi connectivity index (χ4v) is 5.67. The highest BCUT2D eigenvalue weighted by Gasteiger charge is 2.27. The number of aromatic nitrogens is 3. The average Bonchev–Trinajstić information content (AvgIpc) is 3.48. The van der Waals surface area contributed by atoms with Crippen LogP contribution in [0.2, 0.25) is 0 Å². The summed E-state index contributed by atoms with van der Waals surface area (Å²) in [6.45, 7) is 3.33. The summed E-state index contributed by atoms with van der Waals surface area (Å²) in [5, 5.41) is 16.5. The number of H-pyrrole nitrogens is 1. The van der Waals surface area contributed by atoms with Crippen molar-refractivity contribution in [3.63, 3.8) is 0 Å². The van der Waals surface area contributed by atoms with Crippen molar-refractivity contribution in [3.05, 3.63) is 53.3 Å². The maximum Gasteiger partial charge on any atom is 0.211 e. The van der Waals surface area contributed by atoms with Gasteiger partial charge in [0.05, 0.1) is 25.5 Å². The van der Waals surface area contributed by atoms with Gasteiger partial charge in [-0.2, -0.15) is 10.4 Å². The Hall–Kier alpha value is -3.55. The highest BCUT2D eigenvalue weighted by molar-refractivity contribution is 7.88. The summed E-state index contributed by atoms with van der Waals surface area (Å²) >= 11 is 0. The Bertz CT molecular complexity index is 1560.